The molecule has 0 aliphatic carbocycles. The minimum atomic E-state index is 0.908. The first-order valence-electron chi connectivity index (χ1n) is 7.73. The van der Waals surface area contributed by atoms with Crippen LogP contribution in [0.3, 0.4) is 0 Å². The molecule has 3 heteroatoms. The molecule has 3 rings (SSSR count). The van der Waals surface area contributed by atoms with E-state index in [4.69, 9.17) is 4.98 Å². The number of hydrogen-bond donors (Lipinski definition) is 1. The van der Waals surface area contributed by atoms with Crippen molar-refractivity contribution in [2.45, 2.75) is 46.1 Å². The second kappa shape index (κ2) is 5.80. The molecule has 0 bridgehead atoms. The van der Waals surface area contributed by atoms with Gasteiger partial charge in [0.05, 0.1) is 11.4 Å². The van der Waals surface area contributed by atoms with Crippen molar-refractivity contribution in [2.24, 2.45) is 0 Å². The molecule has 2 heterocycles. The van der Waals surface area contributed by atoms with Crippen molar-refractivity contribution in [3.63, 3.8) is 0 Å². The Morgan fingerprint density at radius 3 is 2.90 bits per heavy atom. The topological polar surface area (TPSA) is 29.9 Å². The van der Waals surface area contributed by atoms with Gasteiger partial charge >= 0.3 is 0 Å². The van der Waals surface area contributed by atoms with Crippen LogP contribution in [-0.2, 0) is 25.8 Å². The van der Waals surface area contributed by atoms with Crippen molar-refractivity contribution in [1.29, 1.82) is 0 Å². The maximum atomic E-state index is 4.85. The highest BCUT2D eigenvalue weighted by atomic mass is 15.1. The Hall–Kier alpha value is -1.61. The zero-order valence-electron chi connectivity index (χ0n) is 12.4. The summed E-state index contributed by atoms with van der Waals surface area (Å²) in [4.78, 5) is 4.85. The number of benzene rings is 1. The van der Waals surface area contributed by atoms with Gasteiger partial charge in [0.15, 0.2) is 0 Å². The molecule has 1 N–H and O–H groups in total. The highest BCUT2D eigenvalue weighted by Crippen LogP contribution is 2.25. The summed E-state index contributed by atoms with van der Waals surface area (Å²) in [5.74, 6) is 1.20. The number of nitrogens with one attached hydrogen (secondary N) is 1. The third-order valence-electron chi connectivity index (χ3n) is 4.02. The Kier molecular flexibility index (Phi) is 3.88. The lowest BCUT2D eigenvalue weighted by molar-refractivity contribution is 0.619. The van der Waals surface area contributed by atoms with E-state index >= 15 is 0 Å². The van der Waals surface area contributed by atoms with Crippen molar-refractivity contribution in [2.75, 3.05) is 6.54 Å². The molecule has 0 radical (unpaired) electrons. The normalized spacial score (nSPS) is 14.3. The fourth-order valence-corrected chi connectivity index (χ4v) is 3.10. The van der Waals surface area contributed by atoms with Crippen molar-refractivity contribution in [3.8, 4) is 5.69 Å². The number of aromatic nitrogens is 2. The lowest BCUT2D eigenvalue weighted by atomic mass is 10.1. The van der Waals surface area contributed by atoms with Gasteiger partial charge in [-0.1, -0.05) is 38.5 Å². The molecule has 1 aliphatic heterocycles. The van der Waals surface area contributed by atoms with Crippen LogP contribution < -0.4 is 5.32 Å². The quantitative estimate of drug-likeness (QED) is 0.924. The van der Waals surface area contributed by atoms with Gasteiger partial charge in [0.1, 0.15) is 5.82 Å². The van der Waals surface area contributed by atoms with E-state index in [0.29, 0.717) is 0 Å². The Morgan fingerprint density at radius 2 is 2.10 bits per heavy atom. The lowest BCUT2D eigenvalue weighted by Crippen LogP contribution is -2.25. The minimum Gasteiger partial charge on any atom is -0.311 e. The Balaban J connectivity index is 2.16. The SMILES string of the molecule is CCCc1ccccc1-n1c(CC)nc2c1CCNC2. The molecule has 0 amide bonds. The zero-order chi connectivity index (χ0) is 13.9. The number of aryl methyl sites for hydroxylation is 2. The molecule has 0 saturated heterocycles. The van der Waals surface area contributed by atoms with Gasteiger partial charge in [-0.25, -0.2) is 4.98 Å². The predicted octanol–water partition coefficient (Wildman–Crippen LogP) is 3.03. The molecule has 1 aliphatic rings. The first-order valence-corrected chi connectivity index (χ1v) is 7.73. The van der Waals surface area contributed by atoms with Crippen LogP contribution in [0.25, 0.3) is 5.69 Å². The Bertz CT molecular complexity index is 598. The summed E-state index contributed by atoms with van der Waals surface area (Å²) in [6, 6.07) is 8.78. The summed E-state index contributed by atoms with van der Waals surface area (Å²) in [5.41, 5.74) is 5.41. The van der Waals surface area contributed by atoms with Crippen LogP contribution in [0.5, 0.6) is 0 Å². The molecular weight excluding hydrogens is 246 g/mol. The Labute approximate surface area is 121 Å². The van der Waals surface area contributed by atoms with Gasteiger partial charge in [0, 0.05) is 31.6 Å². The molecule has 0 fully saturated rings. The fraction of sp³-hybridized carbons (Fsp3) is 0.471. The average Bonchev–Trinajstić information content (AvgIpc) is 2.86. The number of hydrogen-bond acceptors (Lipinski definition) is 2. The van der Waals surface area contributed by atoms with Crippen LogP contribution in [-0.4, -0.2) is 16.1 Å². The Morgan fingerprint density at radius 1 is 1.25 bits per heavy atom. The summed E-state index contributed by atoms with van der Waals surface area (Å²) in [7, 11) is 0. The number of nitrogens with zero attached hydrogens (tertiary/aromatic N) is 2. The van der Waals surface area contributed by atoms with Crippen LogP contribution in [0.1, 0.15) is 43.0 Å². The van der Waals surface area contributed by atoms with E-state index in [0.717, 1.165) is 32.4 Å². The molecule has 0 saturated carbocycles. The molecule has 106 valence electrons. The summed E-state index contributed by atoms with van der Waals surface area (Å²) in [6.45, 7) is 6.40. The second-order valence-electron chi connectivity index (χ2n) is 5.42. The molecule has 3 nitrogen and oxygen atoms in total. The van der Waals surface area contributed by atoms with E-state index in [9.17, 15) is 0 Å². The molecule has 1 aromatic heterocycles. The van der Waals surface area contributed by atoms with Crippen molar-refractivity contribution in [1.82, 2.24) is 14.9 Å². The van der Waals surface area contributed by atoms with Gasteiger partial charge in [0.25, 0.3) is 0 Å². The van der Waals surface area contributed by atoms with Crippen LogP contribution in [0.15, 0.2) is 24.3 Å². The number of rotatable bonds is 4. The largest absolute Gasteiger partial charge is 0.311 e. The van der Waals surface area contributed by atoms with Gasteiger partial charge in [-0.2, -0.15) is 0 Å². The van der Waals surface area contributed by atoms with E-state index in [1.807, 2.05) is 0 Å². The summed E-state index contributed by atoms with van der Waals surface area (Å²) >= 11 is 0. The van der Waals surface area contributed by atoms with Crippen LogP contribution in [0, 0.1) is 0 Å². The molecule has 20 heavy (non-hydrogen) atoms. The molecular formula is C17H23N3. The summed E-state index contributed by atoms with van der Waals surface area (Å²) in [5, 5.41) is 3.42. The highest BCUT2D eigenvalue weighted by Gasteiger charge is 2.20. The van der Waals surface area contributed by atoms with Gasteiger partial charge in [-0.3, -0.25) is 0 Å². The monoisotopic (exact) mass is 269 g/mol. The standard InChI is InChI=1S/C17H23N3/c1-3-7-13-8-5-6-9-15(13)20-16-10-11-18-12-14(16)19-17(20)4-2/h5-6,8-9,18H,3-4,7,10-12H2,1-2H3. The highest BCUT2D eigenvalue weighted by molar-refractivity contribution is 5.45. The van der Waals surface area contributed by atoms with E-state index in [-0.39, 0.29) is 0 Å². The maximum Gasteiger partial charge on any atom is 0.113 e. The first kappa shape index (κ1) is 13.4. The minimum absolute atomic E-state index is 0.908. The van der Waals surface area contributed by atoms with Crippen LogP contribution in [0.2, 0.25) is 0 Å². The molecule has 0 unspecified atom stereocenters. The van der Waals surface area contributed by atoms with Crippen molar-refractivity contribution in [3.05, 3.63) is 47.0 Å². The molecule has 0 spiro atoms. The molecule has 1 aromatic carbocycles. The van der Waals surface area contributed by atoms with Crippen LogP contribution >= 0.6 is 0 Å². The lowest BCUT2D eigenvalue weighted by Gasteiger charge is -2.18. The summed E-state index contributed by atoms with van der Waals surface area (Å²) in [6.07, 6.45) is 4.36. The van der Waals surface area contributed by atoms with E-state index in [1.165, 1.54) is 34.9 Å². The van der Waals surface area contributed by atoms with Crippen molar-refractivity contribution < 1.29 is 0 Å². The smallest absolute Gasteiger partial charge is 0.113 e. The number of imidazole rings is 1. The number of fused-ring (bicyclic) bond motifs is 1. The average molecular weight is 269 g/mol. The molecule has 0 atom stereocenters. The molecule has 2 aromatic rings. The van der Waals surface area contributed by atoms with E-state index in [2.05, 4.69) is 48.0 Å². The maximum absolute atomic E-state index is 4.85. The second-order valence-corrected chi connectivity index (χ2v) is 5.42. The zero-order valence-corrected chi connectivity index (χ0v) is 12.4. The first-order chi connectivity index (χ1) is 9.85. The fourth-order valence-electron chi connectivity index (χ4n) is 3.10. The third kappa shape index (κ3) is 2.27. The van der Waals surface area contributed by atoms with E-state index in [1.54, 1.807) is 0 Å². The number of para-hydroxylation sites is 1. The van der Waals surface area contributed by atoms with Crippen LogP contribution in [0.4, 0.5) is 0 Å². The van der Waals surface area contributed by atoms with Crippen molar-refractivity contribution >= 4 is 0 Å². The van der Waals surface area contributed by atoms with Gasteiger partial charge < -0.3 is 9.88 Å². The van der Waals surface area contributed by atoms with Gasteiger partial charge in [-0.15, -0.1) is 0 Å². The summed E-state index contributed by atoms with van der Waals surface area (Å²) < 4.78 is 2.42. The van der Waals surface area contributed by atoms with E-state index < -0.39 is 0 Å². The predicted molar refractivity (Wildman–Crippen MR) is 82.3 cm³/mol. The van der Waals surface area contributed by atoms with Gasteiger partial charge in [0.2, 0.25) is 0 Å². The van der Waals surface area contributed by atoms with Gasteiger partial charge in [-0.05, 0) is 18.1 Å². The third-order valence-corrected chi connectivity index (χ3v) is 4.02.